The summed E-state index contributed by atoms with van der Waals surface area (Å²) in [7, 11) is 1.65. The lowest BCUT2D eigenvalue weighted by Gasteiger charge is -2.15. The highest BCUT2D eigenvalue weighted by atomic mass is 16.5. The van der Waals surface area contributed by atoms with Gasteiger partial charge in [-0.2, -0.15) is 0 Å². The molecule has 0 atom stereocenters. The van der Waals surface area contributed by atoms with Gasteiger partial charge in [-0.15, -0.1) is 0 Å². The summed E-state index contributed by atoms with van der Waals surface area (Å²) in [6.07, 6.45) is 0. The van der Waals surface area contributed by atoms with Gasteiger partial charge < -0.3 is 15.2 Å². The van der Waals surface area contributed by atoms with Gasteiger partial charge in [-0.3, -0.25) is 0 Å². The second kappa shape index (κ2) is 5.41. The Bertz CT molecular complexity index is 628. The molecule has 0 bridgehead atoms. The normalized spacial score (nSPS) is 10.4. The molecule has 2 rings (SSSR count). The molecule has 4 heteroatoms. The van der Waals surface area contributed by atoms with E-state index in [0.717, 1.165) is 33.9 Å². The molecule has 0 unspecified atom stereocenters. The molecule has 2 aromatic rings. The minimum atomic E-state index is 0.555. The SMILES string of the molecule is COc1cc(C)c(Oc2nc(C)cc(N)c2C)c(C)c1. The molecule has 0 spiro atoms. The lowest BCUT2D eigenvalue weighted by molar-refractivity contribution is 0.410. The van der Waals surface area contributed by atoms with E-state index in [4.69, 9.17) is 15.2 Å². The van der Waals surface area contributed by atoms with Crippen LogP contribution in [0, 0.1) is 27.7 Å². The fourth-order valence-corrected chi connectivity index (χ4v) is 2.12. The molecule has 20 heavy (non-hydrogen) atoms. The molecule has 0 aliphatic heterocycles. The van der Waals surface area contributed by atoms with Gasteiger partial charge in [0.2, 0.25) is 5.88 Å². The van der Waals surface area contributed by atoms with Crippen LogP contribution in [0.4, 0.5) is 5.69 Å². The maximum atomic E-state index is 5.99. The van der Waals surface area contributed by atoms with Crippen molar-refractivity contribution in [1.29, 1.82) is 0 Å². The molecule has 2 N–H and O–H groups in total. The largest absolute Gasteiger partial charge is 0.497 e. The predicted octanol–water partition coefficient (Wildman–Crippen LogP) is 3.70. The maximum Gasteiger partial charge on any atom is 0.224 e. The van der Waals surface area contributed by atoms with Crippen LogP contribution in [-0.2, 0) is 0 Å². The fraction of sp³-hybridized carbons (Fsp3) is 0.312. The molecule has 0 aliphatic rings. The van der Waals surface area contributed by atoms with Crippen LogP contribution in [0.5, 0.6) is 17.4 Å². The average molecular weight is 272 g/mol. The number of rotatable bonds is 3. The molecule has 0 radical (unpaired) electrons. The van der Waals surface area contributed by atoms with Gasteiger partial charge in [0.15, 0.2) is 0 Å². The molecule has 4 nitrogen and oxygen atoms in total. The number of nitrogen functional groups attached to an aromatic ring is 1. The molecule has 0 aliphatic carbocycles. The first-order valence-corrected chi connectivity index (χ1v) is 6.49. The van der Waals surface area contributed by atoms with E-state index in [0.29, 0.717) is 11.6 Å². The van der Waals surface area contributed by atoms with Gasteiger partial charge in [0.1, 0.15) is 11.5 Å². The third kappa shape index (κ3) is 2.69. The zero-order valence-electron chi connectivity index (χ0n) is 12.6. The van der Waals surface area contributed by atoms with Gasteiger partial charge in [0.25, 0.3) is 0 Å². The standard InChI is InChI=1S/C16H20N2O2/c1-9-6-13(19-5)7-10(2)15(9)20-16-12(4)14(17)8-11(3)18-16/h6-8H,1-5H3,(H2,17,18). The van der Waals surface area contributed by atoms with Crippen molar-refractivity contribution in [2.24, 2.45) is 0 Å². The molecular formula is C16H20N2O2. The summed E-state index contributed by atoms with van der Waals surface area (Å²) in [5.41, 5.74) is 10.3. The van der Waals surface area contributed by atoms with E-state index < -0.39 is 0 Å². The van der Waals surface area contributed by atoms with E-state index >= 15 is 0 Å². The Hall–Kier alpha value is -2.23. The Labute approximate surface area is 119 Å². The van der Waals surface area contributed by atoms with Crippen molar-refractivity contribution in [2.45, 2.75) is 27.7 Å². The number of pyridine rings is 1. The molecule has 1 aromatic heterocycles. The van der Waals surface area contributed by atoms with E-state index in [1.807, 2.05) is 45.9 Å². The Kier molecular flexibility index (Phi) is 3.84. The van der Waals surface area contributed by atoms with Gasteiger partial charge in [0, 0.05) is 16.9 Å². The molecule has 1 heterocycles. The van der Waals surface area contributed by atoms with Gasteiger partial charge >= 0.3 is 0 Å². The highest BCUT2D eigenvalue weighted by Gasteiger charge is 2.12. The van der Waals surface area contributed by atoms with E-state index in [-0.39, 0.29) is 0 Å². The summed E-state index contributed by atoms with van der Waals surface area (Å²) in [6, 6.07) is 5.73. The second-order valence-electron chi connectivity index (χ2n) is 4.98. The molecule has 0 saturated heterocycles. The summed E-state index contributed by atoms with van der Waals surface area (Å²) >= 11 is 0. The molecule has 0 amide bonds. The summed E-state index contributed by atoms with van der Waals surface area (Å²) in [5.74, 6) is 2.17. The first-order valence-electron chi connectivity index (χ1n) is 6.49. The van der Waals surface area contributed by atoms with Crippen molar-refractivity contribution >= 4 is 5.69 Å². The van der Waals surface area contributed by atoms with Crippen molar-refractivity contribution in [3.63, 3.8) is 0 Å². The van der Waals surface area contributed by atoms with E-state index in [2.05, 4.69) is 4.98 Å². The van der Waals surface area contributed by atoms with Crippen LogP contribution in [0.2, 0.25) is 0 Å². The minimum Gasteiger partial charge on any atom is -0.497 e. The molecule has 1 aromatic carbocycles. The van der Waals surface area contributed by atoms with Gasteiger partial charge in [-0.25, -0.2) is 4.98 Å². The molecule has 0 saturated carbocycles. The van der Waals surface area contributed by atoms with Crippen molar-refractivity contribution in [1.82, 2.24) is 4.98 Å². The smallest absolute Gasteiger partial charge is 0.224 e. The van der Waals surface area contributed by atoms with Crippen molar-refractivity contribution in [2.75, 3.05) is 12.8 Å². The Morgan fingerprint density at radius 3 is 2.15 bits per heavy atom. The number of nitrogens with zero attached hydrogens (tertiary/aromatic N) is 1. The number of ether oxygens (including phenoxy) is 2. The molecule has 106 valence electrons. The van der Waals surface area contributed by atoms with Crippen LogP contribution in [0.15, 0.2) is 18.2 Å². The summed E-state index contributed by atoms with van der Waals surface area (Å²) in [5, 5.41) is 0. The summed E-state index contributed by atoms with van der Waals surface area (Å²) < 4.78 is 11.2. The van der Waals surface area contributed by atoms with Crippen LogP contribution >= 0.6 is 0 Å². The van der Waals surface area contributed by atoms with E-state index in [1.165, 1.54) is 0 Å². The van der Waals surface area contributed by atoms with Crippen LogP contribution in [0.3, 0.4) is 0 Å². The highest BCUT2D eigenvalue weighted by molar-refractivity contribution is 5.54. The Morgan fingerprint density at radius 2 is 1.60 bits per heavy atom. The second-order valence-corrected chi connectivity index (χ2v) is 4.98. The first kappa shape index (κ1) is 14.2. The average Bonchev–Trinajstić information content (AvgIpc) is 2.38. The number of hydrogen-bond donors (Lipinski definition) is 1. The lowest BCUT2D eigenvalue weighted by Crippen LogP contribution is -2.00. The Balaban J connectivity index is 2.45. The van der Waals surface area contributed by atoms with Crippen LogP contribution in [-0.4, -0.2) is 12.1 Å². The number of anilines is 1. The summed E-state index contributed by atoms with van der Waals surface area (Å²) in [6.45, 7) is 7.78. The lowest BCUT2D eigenvalue weighted by atomic mass is 10.1. The van der Waals surface area contributed by atoms with Crippen molar-refractivity contribution < 1.29 is 9.47 Å². The number of hydrogen-bond acceptors (Lipinski definition) is 4. The first-order chi connectivity index (χ1) is 9.42. The van der Waals surface area contributed by atoms with Crippen molar-refractivity contribution in [3.8, 4) is 17.4 Å². The molecular weight excluding hydrogens is 252 g/mol. The van der Waals surface area contributed by atoms with Crippen molar-refractivity contribution in [3.05, 3.63) is 40.6 Å². The van der Waals surface area contributed by atoms with Gasteiger partial charge in [-0.05, 0) is 57.0 Å². The van der Waals surface area contributed by atoms with Crippen LogP contribution in [0.25, 0.3) is 0 Å². The van der Waals surface area contributed by atoms with E-state index in [9.17, 15) is 0 Å². The topological polar surface area (TPSA) is 57.4 Å². The molecule has 0 fully saturated rings. The van der Waals surface area contributed by atoms with Crippen LogP contribution < -0.4 is 15.2 Å². The zero-order valence-corrected chi connectivity index (χ0v) is 12.6. The third-order valence-electron chi connectivity index (χ3n) is 3.26. The fourth-order valence-electron chi connectivity index (χ4n) is 2.12. The number of benzene rings is 1. The van der Waals surface area contributed by atoms with Crippen LogP contribution in [0.1, 0.15) is 22.4 Å². The minimum absolute atomic E-state index is 0.555. The summed E-state index contributed by atoms with van der Waals surface area (Å²) in [4.78, 5) is 4.42. The van der Waals surface area contributed by atoms with Gasteiger partial charge in [0.05, 0.1) is 7.11 Å². The number of aryl methyl sites for hydroxylation is 3. The maximum absolute atomic E-state index is 5.99. The zero-order chi connectivity index (χ0) is 14.9. The van der Waals surface area contributed by atoms with Gasteiger partial charge in [-0.1, -0.05) is 0 Å². The van der Waals surface area contributed by atoms with E-state index in [1.54, 1.807) is 7.11 Å². The monoisotopic (exact) mass is 272 g/mol. The predicted molar refractivity (Wildman–Crippen MR) is 80.7 cm³/mol. The highest BCUT2D eigenvalue weighted by Crippen LogP contribution is 2.34. The number of aromatic nitrogens is 1. The third-order valence-corrected chi connectivity index (χ3v) is 3.26. The quantitative estimate of drug-likeness (QED) is 0.925. The number of methoxy groups -OCH3 is 1. The Morgan fingerprint density at radius 1 is 1.00 bits per heavy atom. The number of nitrogens with two attached hydrogens (primary N) is 1.